The summed E-state index contributed by atoms with van der Waals surface area (Å²) < 4.78 is 39.3. The number of hydrogen-bond acceptors (Lipinski definition) is 3. The number of nitrogens with zero attached hydrogens (tertiary/aromatic N) is 1. The van der Waals surface area contributed by atoms with Crippen molar-refractivity contribution in [2.75, 3.05) is 18.0 Å². The first-order valence-electron chi connectivity index (χ1n) is 6.57. The van der Waals surface area contributed by atoms with E-state index >= 15 is 0 Å². The number of alkyl halides is 3. The van der Waals surface area contributed by atoms with Gasteiger partial charge < -0.3 is 15.1 Å². The quantitative estimate of drug-likeness (QED) is 0.898. The highest BCUT2D eigenvalue weighted by molar-refractivity contribution is 5.57. The van der Waals surface area contributed by atoms with E-state index < -0.39 is 24.5 Å². The van der Waals surface area contributed by atoms with Crippen LogP contribution in [0.2, 0.25) is 0 Å². The molecule has 0 aliphatic carbocycles. The minimum Gasteiger partial charge on any atom is -0.393 e. The lowest BCUT2D eigenvalue weighted by atomic mass is 10.0. The van der Waals surface area contributed by atoms with Crippen LogP contribution in [0.4, 0.5) is 18.9 Å². The second kappa shape index (κ2) is 5.61. The molecule has 1 saturated heterocycles. The van der Waals surface area contributed by atoms with Crippen molar-refractivity contribution in [2.24, 2.45) is 5.92 Å². The molecule has 112 valence electrons. The Bertz CT molecular complexity index is 474. The SMILES string of the molecule is CC(O)C1CCN(c2ccc(CO)cc2C(F)(F)F)C1. The van der Waals surface area contributed by atoms with Gasteiger partial charge in [0.05, 0.1) is 18.3 Å². The highest BCUT2D eigenvalue weighted by atomic mass is 19.4. The van der Waals surface area contributed by atoms with E-state index in [1.54, 1.807) is 11.8 Å². The van der Waals surface area contributed by atoms with Gasteiger partial charge in [0.15, 0.2) is 0 Å². The van der Waals surface area contributed by atoms with Crippen molar-refractivity contribution >= 4 is 5.69 Å². The number of aliphatic hydroxyl groups is 2. The molecule has 2 rings (SSSR count). The van der Waals surface area contributed by atoms with Crippen LogP contribution in [0.25, 0.3) is 0 Å². The van der Waals surface area contributed by atoms with Crippen molar-refractivity contribution in [3.8, 4) is 0 Å². The molecule has 1 aliphatic heterocycles. The maximum Gasteiger partial charge on any atom is 0.418 e. The average Bonchev–Trinajstić information content (AvgIpc) is 2.86. The van der Waals surface area contributed by atoms with Gasteiger partial charge in [0.25, 0.3) is 0 Å². The molecule has 1 aromatic rings. The van der Waals surface area contributed by atoms with Gasteiger partial charge >= 0.3 is 6.18 Å². The van der Waals surface area contributed by atoms with Gasteiger partial charge in [-0.3, -0.25) is 0 Å². The van der Waals surface area contributed by atoms with Crippen LogP contribution in [-0.2, 0) is 12.8 Å². The third-order valence-corrected chi connectivity index (χ3v) is 3.80. The highest BCUT2D eigenvalue weighted by Crippen LogP contribution is 2.39. The molecule has 1 heterocycles. The molecular formula is C14H18F3NO2. The molecular weight excluding hydrogens is 271 g/mol. The smallest absolute Gasteiger partial charge is 0.393 e. The summed E-state index contributed by atoms with van der Waals surface area (Å²) in [7, 11) is 0. The number of aliphatic hydroxyl groups excluding tert-OH is 2. The first kappa shape index (κ1) is 15.1. The van der Waals surface area contributed by atoms with Crippen molar-refractivity contribution in [2.45, 2.75) is 32.2 Å². The van der Waals surface area contributed by atoms with Gasteiger partial charge in [-0.25, -0.2) is 0 Å². The van der Waals surface area contributed by atoms with Crippen LogP contribution < -0.4 is 4.90 Å². The van der Waals surface area contributed by atoms with Gasteiger partial charge in [-0.15, -0.1) is 0 Å². The number of benzene rings is 1. The molecule has 2 unspecified atom stereocenters. The minimum absolute atomic E-state index is 0.00592. The molecule has 0 aromatic heterocycles. The third kappa shape index (κ3) is 3.07. The summed E-state index contributed by atoms with van der Waals surface area (Å²) in [6, 6.07) is 3.89. The van der Waals surface area contributed by atoms with Crippen LogP contribution >= 0.6 is 0 Å². The predicted octanol–water partition coefficient (Wildman–Crippen LogP) is 2.40. The maximum absolute atomic E-state index is 13.1. The molecule has 0 bridgehead atoms. The van der Waals surface area contributed by atoms with E-state index in [4.69, 9.17) is 5.11 Å². The fourth-order valence-electron chi connectivity index (χ4n) is 2.58. The van der Waals surface area contributed by atoms with Crippen LogP contribution in [0, 0.1) is 5.92 Å². The number of hydrogen-bond donors (Lipinski definition) is 2. The van der Waals surface area contributed by atoms with Gasteiger partial charge in [-0.2, -0.15) is 13.2 Å². The average molecular weight is 289 g/mol. The second-order valence-corrected chi connectivity index (χ2v) is 5.24. The molecule has 0 spiro atoms. The zero-order chi connectivity index (χ0) is 14.9. The predicted molar refractivity (Wildman–Crippen MR) is 69.4 cm³/mol. The summed E-state index contributed by atoms with van der Waals surface area (Å²) in [4.78, 5) is 1.65. The van der Waals surface area contributed by atoms with E-state index in [2.05, 4.69) is 0 Å². The Morgan fingerprint density at radius 1 is 1.40 bits per heavy atom. The molecule has 2 atom stereocenters. The van der Waals surface area contributed by atoms with E-state index in [1.807, 2.05) is 0 Å². The summed E-state index contributed by atoms with van der Waals surface area (Å²) in [5, 5.41) is 18.5. The zero-order valence-electron chi connectivity index (χ0n) is 11.2. The lowest BCUT2D eigenvalue weighted by molar-refractivity contribution is -0.137. The second-order valence-electron chi connectivity index (χ2n) is 5.24. The highest BCUT2D eigenvalue weighted by Gasteiger charge is 2.37. The zero-order valence-corrected chi connectivity index (χ0v) is 11.2. The summed E-state index contributed by atoms with van der Waals surface area (Å²) >= 11 is 0. The van der Waals surface area contributed by atoms with Crippen LogP contribution in [0.1, 0.15) is 24.5 Å². The number of rotatable bonds is 3. The summed E-state index contributed by atoms with van der Waals surface area (Å²) in [6.45, 7) is 2.16. The first-order chi connectivity index (χ1) is 9.32. The van der Waals surface area contributed by atoms with Crippen molar-refractivity contribution in [1.82, 2.24) is 0 Å². The van der Waals surface area contributed by atoms with Gasteiger partial charge in [-0.1, -0.05) is 6.07 Å². The fraction of sp³-hybridized carbons (Fsp3) is 0.571. The van der Waals surface area contributed by atoms with Crippen molar-refractivity contribution < 1.29 is 23.4 Å². The van der Waals surface area contributed by atoms with E-state index in [0.29, 0.717) is 19.5 Å². The normalized spacial score (nSPS) is 21.3. The molecule has 0 radical (unpaired) electrons. The van der Waals surface area contributed by atoms with E-state index in [0.717, 1.165) is 6.07 Å². The van der Waals surface area contributed by atoms with Crippen LogP contribution in [-0.4, -0.2) is 29.4 Å². The molecule has 0 amide bonds. The topological polar surface area (TPSA) is 43.7 Å². The summed E-state index contributed by atoms with van der Waals surface area (Å²) in [5.41, 5.74) is -0.361. The van der Waals surface area contributed by atoms with Crippen molar-refractivity contribution in [3.63, 3.8) is 0 Å². The maximum atomic E-state index is 13.1. The van der Waals surface area contributed by atoms with Gasteiger partial charge in [0.1, 0.15) is 0 Å². The monoisotopic (exact) mass is 289 g/mol. The molecule has 20 heavy (non-hydrogen) atoms. The number of anilines is 1. The van der Waals surface area contributed by atoms with Crippen molar-refractivity contribution in [3.05, 3.63) is 29.3 Å². The lowest BCUT2D eigenvalue weighted by Gasteiger charge is -2.24. The van der Waals surface area contributed by atoms with Crippen LogP contribution in [0.3, 0.4) is 0 Å². The molecule has 3 nitrogen and oxygen atoms in total. The van der Waals surface area contributed by atoms with E-state index in [1.165, 1.54) is 12.1 Å². The molecule has 1 fully saturated rings. The van der Waals surface area contributed by atoms with Crippen molar-refractivity contribution in [1.29, 1.82) is 0 Å². The Balaban J connectivity index is 2.32. The van der Waals surface area contributed by atoms with Gasteiger partial charge in [0, 0.05) is 24.7 Å². The minimum atomic E-state index is -4.45. The lowest BCUT2D eigenvalue weighted by Crippen LogP contribution is -2.26. The molecule has 1 aliphatic rings. The van der Waals surface area contributed by atoms with Gasteiger partial charge in [0.2, 0.25) is 0 Å². The Labute approximate surface area is 115 Å². The molecule has 2 N–H and O–H groups in total. The Kier molecular flexibility index (Phi) is 4.25. The summed E-state index contributed by atoms with van der Waals surface area (Å²) in [5.74, 6) is -0.00592. The number of halogens is 3. The Hall–Kier alpha value is -1.27. The first-order valence-corrected chi connectivity index (χ1v) is 6.57. The Morgan fingerprint density at radius 2 is 2.10 bits per heavy atom. The van der Waals surface area contributed by atoms with Gasteiger partial charge in [-0.05, 0) is 31.0 Å². The van der Waals surface area contributed by atoms with E-state index in [-0.39, 0.29) is 17.2 Å². The van der Waals surface area contributed by atoms with E-state index in [9.17, 15) is 18.3 Å². The standard InChI is InChI=1S/C14H18F3NO2/c1-9(20)11-4-5-18(7-11)13-3-2-10(8-19)6-12(13)14(15,16)17/h2-3,6,9,11,19-20H,4-5,7-8H2,1H3. The van der Waals surface area contributed by atoms with Crippen LogP contribution in [0.5, 0.6) is 0 Å². The molecule has 0 saturated carbocycles. The van der Waals surface area contributed by atoms with Crippen LogP contribution in [0.15, 0.2) is 18.2 Å². The fourth-order valence-corrected chi connectivity index (χ4v) is 2.58. The molecule has 6 heteroatoms. The third-order valence-electron chi connectivity index (χ3n) is 3.80. The molecule has 1 aromatic carbocycles. The Morgan fingerprint density at radius 3 is 2.60 bits per heavy atom. The largest absolute Gasteiger partial charge is 0.418 e. The summed E-state index contributed by atoms with van der Waals surface area (Å²) in [6.07, 6.45) is -4.30.